The number of hydrogen-bond donors (Lipinski definition) is 3. The van der Waals surface area contributed by atoms with Gasteiger partial charge in [-0.3, -0.25) is 14.9 Å². The Hall–Kier alpha value is -1.10. The van der Waals surface area contributed by atoms with Gasteiger partial charge in [0.05, 0.1) is 12.1 Å². The molecule has 2 unspecified atom stereocenters. The van der Waals surface area contributed by atoms with Crippen LogP contribution < -0.4 is 16.0 Å². The smallest absolute Gasteiger partial charge is 0.236 e. The molecule has 0 aliphatic rings. The molecule has 3 N–H and O–H groups in total. The molecule has 5 heteroatoms. The molecule has 2 atom stereocenters. The Balaban J connectivity index is 3.95. The monoisotopic (exact) mass is 285 g/mol. The highest BCUT2D eigenvalue weighted by Gasteiger charge is 2.19. The molecular formula is C15H31N3O2. The van der Waals surface area contributed by atoms with Crippen LogP contribution in [0.2, 0.25) is 0 Å². The third-order valence-electron chi connectivity index (χ3n) is 3.05. The van der Waals surface area contributed by atoms with Gasteiger partial charge in [0.1, 0.15) is 0 Å². The average molecular weight is 285 g/mol. The molecule has 0 aromatic heterocycles. The number of carbonyl (C=O) groups excluding carboxylic acids is 2. The SMILES string of the molecule is CCCCCNC(=O)C(C)NC(C)C(=O)NCC(C)C. The van der Waals surface area contributed by atoms with E-state index in [4.69, 9.17) is 0 Å². The quantitative estimate of drug-likeness (QED) is 0.532. The molecule has 0 aromatic rings. The van der Waals surface area contributed by atoms with Crippen molar-refractivity contribution in [3.8, 4) is 0 Å². The van der Waals surface area contributed by atoms with Gasteiger partial charge >= 0.3 is 0 Å². The number of amides is 2. The normalized spacial score (nSPS) is 13.9. The van der Waals surface area contributed by atoms with Crippen LogP contribution in [0.1, 0.15) is 53.9 Å². The van der Waals surface area contributed by atoms with E-state index in [2.05, 4.69) is 22.9 Å². The Bertz CT molecular complexity index is 293. The first-order valence-electron chi connectivity index (χ1n) is 7.69. The molecule has 20 heavy (non-hydrogen) atoms. The maximum Gasteiger partial charge on any atom is 0.236 e. The maximum atomic E-state index is 11.8. The molecule has 0 bridgehead atoms. The number of hydrogen-bond acceptors (Lipinski definition) is 3. The molecule has 0 saturated carbocycles. The van der Waals surface area contributed by atoms with E-state index in [0.29, 0.717) is 19.0 Å². The molecule has 0 aliphatic heterocycles. The van der Waals surface area contributed by atoms with Gasteiger partial charge in [0, 0.05) is 13.1 Å². The summed E-state index contributed by atoms with van der Waals surface area (Å²) in [6.07, 6.45) is 3.26. The number of nitrogens with one attached hydrogen (secondary N) is 3. The Morgan fingerprint density at radius 3 is 1.95 bits per heavy atom. The first-order chi connectivity index (χ1) is 9.38. The molecule has 0 saturated heterocycles. The minimum absolute atomic E-state index is 0.0513. The zero-order chi connectivity index (χ0) is 15.5. The topological polar surface area (TPSA) is 70.2 Å². The summed E-state index contributed by atoms with van der Waals surface area (Å²) in [6.45, 7) is 11.1. The van der Waals surface area contributed by atoms with E-state index in [1.807, 2.05) is 13.8 Å². The van der Waals surface area contributed by atoms with E-state index >= 15 is 0 Å². The van der Waals surface area contributed by atoms with E-state index in [0.717, 1.165) is 19.3 Å². The van der Waals surface area contributed by atoms with Crippen molar-refractivity contribution in [2.24, 2.45) is 5.92 Å². The van der Waals surface area contributed by atoms with Gasteiger partial charge in [-0.05, 0) is 26.2 Å². The van der Waals surface area contributed by atoms with Crippen LogP contribution in [0.4, 0.5) is 0 Å². The van der Waals surface area contributed by atoms with Crippen molar-refractivity contribution in [1.82, 2.24) is 16.0 Å². The summed E-state index contributed by atoms with van der Waals surface area (Å²) in [6, 6.07) is -0.735. The minimum Gasteiger partial charge on any atom is -0.355 e. The van der Waals surface area contributed by atoms with E-state index < -0.39 is 0 Å². The number of unbranched alkanes of at least 4 members (excludes halogenated alkanes) is 2. The van der Waals surface area contributed by atoms with Gasteiger partial charge in [-0.1, -0.05) is 33.6 Å². The lowest BCUT2D eigenvalue weighted by Crippen LogP contribution is -2.51. The summed E-state index contributed by atoms with van der Waals surface area (Å²) in [5.74, 6) is 0.305. The molecule has 0 fully saturated rings. The third-order valence-corrected chi connectivity index (χ3v) is 3.05. The van der Waals surface area contributed by atoms with Gasteiger partial charge in [-0.2, -0.15) is 0 Å². The minimum atomic E-state index is -0.370. The summed E-state index contributed by atoms with van der Waals surface area (Å²) in [4.78, 5) is 23.6. The van der Waals surface area contributed by atoms with Crippen molar-refractivity contribution >= 4 is 11.8 Å². The molecule has 2 amide bonds. The van der Waals surface area contributed by atoms with Crippen LogP contribution in [-0.2, 0) is 9.59 Å². The van der Waals surface area contributed by atoms with Crippen molar-refractivity contribution in [3.63, 3.8) is 0 Å². The second-order valence-electron chi connectivity index (χ2n) is 5.75. The van der Waals surface area contributed by atoms with Gasteiger partial charge in [0.15, 0.2) is 0 Å². The van der Waals surface area contributed by atoms with Crippen molar-refractivity contribution < 1.29 is 9.59 Å². The summed E-state index contributed by atoms with van der Waals surface area (Å²) in [5, 5.41) is 8.75. The highest BCUT2D eigenvalue weighted by atomic mass is 16.2. The third kappa shape index (κ3) is 8.91. The standard InChI is InChI=1S/C15H31N3O2/c1-6-7-8-9-16-14(19)12(4)18-13(5)15(20)17-10-11(2)3/h11-13,18H,6-10H2,1-5H3,(H,16,19)(H,17,20). The first kappa shape index (κ1) is 18.9. The van der Waals surface area contributed by atoms with Crippen molar-refractivity contribution in [2.75, 3.05) is 13.1 Å². The fraction of sp³-hybridized carbons (Fsp3) is 0.867. The van der Waals surface area contributed by atoms with Crippen LogP contribution in [0.5, 0.6) is 0 Å². The number of carbonyl (C=O) groups is 2. The average Bonchev–Trinajstić information content (AvgIpc) is 2.40. The zero-order valence-corrected chi connectivity index (χ0v) is 13.6. The highest BCUT2D eigenvalue weighted by Crippen LogP contribution is 1.94. The lowest BCUT2D eigenvalue weighted by Gasteiger charge is -2.19. The van der Waals surface area contributed by atoms with Crippen LogP contribution in [0.3, 0.4) is 0 Å². The van der Waals surface area contributed by atoms with Crippen molar-refractivity contribution in [1.29, 1.82) is 0 Å². The van der Waals surface area contributed by atoms with Gasteiger partial charge in [0.25, 0.3) is 0 Å². The fourth-order valence-corrected chi connectivity index (χ4v) is 1.72. The van der Waals surface area contributed by atoms with E-state index in [1.54, 1.807) is 13.8 Å². The molecule has 5 nitrogen and oxygen atoms in total. The van der Waals surface area contributed by atoms with Gasteiger partial charge in [-0.25, -0.2) is 0 Å². The van der Waals surface area contributed by atoms with Crippen LogP contribution in [0.15, 0.2) is 0 Å². The van der Waals surface area contributed by atoms with Crippen molar-refractivity contribution in [2.45, 2.75) is 66.0 Å². The molecule has 0 radical (unpaired) electrons. The molecule has 0 rings (SSSR count). The van der Waals surface area contributed by atoms with Crippen LogP contribution in [0.25, 0.3) is 0 Å². The molecule has 118 valence electrons. The number of rotatable bonds is 10. The van der Waals surface area contributed by atoms with Crippen LogP contribution in [-0.4, -0.2) is 37.0 Å². The Kier molecular flexibility index (Phi) is 10.1. The Morgan fingerprint density at radius 1 is 0.900 bits per heavy atom. The lowest BCUT2D eigenvalue weighted by atomic mass is 10.2. The molecule has 0 aromatic carbocycles. The first-order valence-corrected chi connectivity index (χ1v) is 7.69. The van der Waals surface area contributed by atoms with Crippen LogP contribution in [0, 0.1) is 5.92 Å². The van der Waals surface area contributed by atoms with Gasteiger partial charge < -0.3 is 10.6 Å². The molecule has 0 spiro atoms. The van der Waals surface area contributed by atoms with Gasteiger partial charge in [0.2, 0.25) is 11.8 Å². The Morgan fingerprint density at radius 2 is 1.45 bits per heavy atom. The largest absolute Gasteiger partial charge is 0.355 e. The zero-order valence-electron chi connectivity index (χ0n) is 13.6. The van der Waals surface area contributed by atoms with Crippen LogP contribution >= 0.6 is 0 Å². The summed E-state index contributed by atoms with van der Waals surface area (Å²) in [5.41, 5.74) is 0. The van der Waals surface area contributed by atoms with Crippen molar-refractivity contribution in [3.05, 3.63) is 0 Å². The molecular weight excluding hydrogens is 254 g/mol. The van der Waals surface area contributed by atoms with E-state index in [1.165, 1.54) is 0 Å². The Labute approximate surface area is 123 Å². The summed E-state index contributed by atoms with van der Waals surface area (Å²) >= 11 is 0. The fourth-order valence-electron chi connectivity index (χ4n) is 1.72. The maximum absolute atomic E-state index is 11.8. The predicted octanol–water partition coefficient (Wildman–Crippen LogP) is 1.43. The highest BCUT2D eigenvalue weighted by molar-refractivity contribution is 5.84. The molecule has 0 heterocycles. The second kappa shape index (κ2) is 10.7. The van der Waals surface area contributed by atoms with Gasteiger partial charge in [-0.15, -0.1) is 0 Å². The summed E-state index contributed by atoms with van der Waals surface area (Å²) < 4.78 is 0. The predicted molar refractivity (Wildman–Crippen MR) is 82.4 cm³/mol. The van der Waals surface area contributed by atoms with E-state index in [9.17, 15) is 9.59 Å². The second-order valence-corrected chi connectivity index (χ2v) is 5.75. The molecule has 0 aliphatic carbocycles. The lowest BCUT2D eigenvalue weighted by molar-refractivity contribution is -0.125. The van der Waals surface area contributed by atoms with E-state index in [-0.39, 0.29) is 23.9 Å². The summed E-state index contributed by atoms with van der Waals surface area (Å²) in [7, 11) is 0.